The highest BCUT2D eigenvalue weighted by Gasteiger charge is 2.24. The lowest BCUT2D eigenvalue weighted by molar-refractivity contribution is 0.485. The summed E-state index contributed by atoms with van der Waals surface area (Å²) in [7, 11) is 0. The quantitative estimate of drug-likeness (QED) is 0.452. The lowest BCUT2D eigenvalue weighted by Crippen LogP contribution is -2.44. The molecule has 0 radical (unpaired) electrons. The van der Waals surface area contributed by atoms with Gasteiger partial charge in [-0.15, -0.1) is 5.92 Å². The van der Waals surface area contributed by atoms with Gasteiger partial charge in [0.1, 0.15) is 12.4 Å². The van der Waals surface area contributed by atoms with Crippen LogP contribution in [0.5, 0.6) is 0 Å². The fraction of sp³-hybridized carbons (Fsp3) is 0.375. The monoisotopic (exact) mass is 458 g/mol. The van der Waals surface area contributed by atoms with Gasteiger partial charge in [0.05, 0.1) is 12.1 Å². The van der Waals surface area contributed by atoms with Crippen LogP contribution in [0.4, 0.5) is 5.95 Å². The topological polar surface area (TPSA) is 116 Å². The first kappa shape index (κ1) is 21.9. The lowest BCUT2D eigenvalue weighted by Gasteiger charge is -2.31. The predicted octanol–water partition coefficient (Wildman–Crippen LogP) is 0.908. The molecule has 3 aromatic heterocycles. The Morgan fingerprint density at radius 1 is 1.18 bits per heavy atom. The molecule has 1 aromatic carbocycles. The van der Waals surface area contributed by atoms with Gasteiger partial charge in [-0.1, -0.05) is 24.1 Å². The number of anilines is 1. The third-order valence-corrected chi connectivity index (χ3v) is 6.12. The molecule has 1 saturated heterocycles. The molecule has 4 aromatic rings. The fourth-order valence-electron chi connectivity index (χ4n) is 4.49. The number of para-hydroxylation sites is 1. The zero-order valence-electron chi connectivity index (χ0n) is 19.2. The Balaban J connectivity index is 1.64. The maximum Gasteiger partial charge on any atom is 0.352 e. The molecule has 10 nitrogen and oxygen atoms in total. The molecule has 0 saturated carbocycles. The molecule has 1 atom stereocenters. The van der Waals surface area contributed by atoms with Crippen molar-refractivity contribution in [3.05, 3.63) is 62.7 Å². The molecule has 174 valence electrons. The van der Waals surface area contributed by atoms with Gasteiger partial charge in [-0.25, -0.2) is 19.4 Å². The minimum Gasteiger partial charge on any atom is -0.339 e. The Morgan fingerprint density at radius 2 is 2.00 bits per heavy atom. The van der Waals surface area contributed by atoms with E-state index in [2.05, 4.69) is 31.7 Å². The predicted molar refractivity (Wildman–Crippen MR) is 130 cm³/mol. The molecule has 10 heteroatoms. The summed E-state index contributed by atoms with van der Waals surface area (Å²) in [5.41, 5.74) is 7.07. The molecule has 0 spiro atoms. The SMILES string of the molecule is CC#CCn1c(N2CCC[C@@H](N)C2)nc2cc(=O)n(Cc3nc(C)c4ccccc4n3)c(=O)n21. The molecular weight excluding hydrogens is 432 g/mol. The van der Waals surface area contributed by atoms with Crippen LogP contribution in [0.15, 0.2) is 39.9 Å². The van der Waals surface area contributed by atoms with Crippen molar-refractivity contribution in [2.75, 3.05) is 18.0 Å². The van der Waals surface area contributed by atoms with Gasteiger partial charge in [0.15, 0.2) is 5.65 Å². The second kappa shape index (κ2) is 8.76. The van der Waals surface area contributed by atoms with Crippen molar-refractivity contribution in [3.8, 4) is 11.8 Å². The van der Waals surface area contributed by atoms with E-state index in [-0.39, 0.29) is 24.8 Å². The third kappa shape index (κ3) is 3.84. The van der Waals surface area contributed by atoms with Gasteiger partial charge >= 0.3 is 5.69 Å². The van der Waals surface area contributed by atoms with Crippen molar-refractivity contribution in [2.45, 2.75) is 45.8 Å². The molecule has 1 fully saturated rings. The van der Waals surface area contributed by atoms with Gasteiger partial charge in [-0.05, 0) is 32.8 Å². The fourth-order valence-corrected chi connectivity index (χ4v) is 4.49. The Hall–Kier alpha value is -3.97. The van der Waals surface area contributed by atoms with Crippen LogP contribution >= 0.6 is 0 Å². The molecule has 0 aliphatic carbocycles. The summed E-state index contributed by atoms with van der Waals surface area (Å²) in [6.07, 6.45) is 1.88. The molecule has 4 heterocycles. The van der Waals surface area contributed by atoms with E-state index < -0.39 is 11.2 Å². The minimum atomic E-state index is -0.505. The molecule has 34 heavy (non-hydrogen) atoms. The molecule has 0 amide bonds. The second-order valence-corrected chi connectivity index (χ2v) is 8.51. The van der Waals surface area contributed by atoms with Gasteiger partial charge in [0, 0.05) is 36.3 Å². The molecular formula is C24H26N8O2. The summed E-state index contributed by atoms with van der Waals surface area (Å²) in [5.74, 6) is 6.88. The van der Waals surface area contributed by atoms with Crippen LogP contribution in [0.1, 0.15) is 31.3 Å². The van der Waals surface area contributed by atoms with E-state index in [9.17, 15) is 9.59 Å². The standard InChI is InChI=1S/C24H26N8O2/c1-3-4-12-31-23(29-11-7-8-17(25)14-29)28-21-13-22(33)30(24(34)32(21)31)15-20-26-16(2)18-9-5-6-10-19(18)27-20/h5-6,9-10,13,17H,7-8,11-12,14-15,25H2,1-2H3/t17-/m1/s1. The maximum atomic E-state index is 13.6. The number of benzene rings is 1. The first-order valence-corrected chi connectivity index (χ1v) is 11.3. The number of hydrogen-bond acceptors (Lipinski definition) is 7. The Labute approximate surface area is 195 Å². The normalized spacial score (nSPS) is 16.1. The first-order chi connectivity index (χ1) is 16.5. The number of aromatic nitrogens is 6. The number of hydrogen-bond donors (Lipinski definition) is 1. The maximum absolute atomic E-state index is 13.6. The summed E-state index contributed by atoms with van der Waals surface area (Å²) < 4.78 is 4.27. The summed E-state index contributed by atoms with van der Waals surface area (Å²) in [6, 6.07) is 9.06. The van der Waals surface area contributed by atoms with E-state index in [0.717, 1.165) is 40.6 Å². The zero-order valence-corrected chi connectivity index (χ0v) is 19.2. The van der Waals surface area contributed by atoms with E-state index in [1.807, 2.05) is 31.2 Å². The van der Waals surface area contributed by atoms with Crippen molar-refractivity contribution < 1.29 is 0 Å². The van der Waals surface area contributed by atoms with Crippen molar-refractivity contribution >= 4 is 22.5 Å². The first-order valence-electron chi connectivity index (χ1n) is 11.3. The van der Waals surface area contributed by atoms with Crippen molar-refractivity contribution in [1.82, 2.24) is 28.7 Å². The van der Waals surface area contributed by atoms with Gasteiger partial charge < -0.3 is 10.6 Å². The molecule has 0 bridgehead atoms. The van der Waals surface area contributed by atoms with Gasteiger partial charge in [-0.3, -0.25) is 9.36 Å². The van der Waals surface area contributed by atoms with Crippen molar-refractivity contribution in [2.24, 2.45) is 5.73 Å². The molecule has 1 aliphatic heterocycles. The molecule has 0 unspecified atom stereocenters. The number of rotatable bonds is 4. The van der Waals surface area contributed by atoms with Crippen molar-refractivity contribution in [3.63, 3.8) is 0 Å². The largest absolute Gasteiger partial charge is 0.352 e. The Bertz CT molecular complexity index is 1570. The number of piperidine rings is 1. The average molecular weight is 459 g/mol. The lowest BCUT2D eigenvalue weighted by atomic mass is 10.1. The number of nitrogens with two attached hydrogens (primary N) is 1. The average Bonchev–Trinajstić information content (AvgIpc) is 3.18. The van der Waals surface area contributed by atoms with Crippen LogP contribution in [0.2, 0.25) is 0 Å². The Kier molecular flexibility index (Phi) is 5.63. The van der Waals surface area contributed by atoms with Crippen molar-refractivity contribution in [1.29, 1.82) is 0 Å². The van der Waals surface area contributed by atoms with Crippen LogP contribution in [0, 0.1) is 18.8 Å². The summed E-state index contributed by atoms with van der Waals surface area (Å²) >= 11 is 0. The summed E-state index contributed by atoms with van der Waals surface area (Å²) in [6.45, 7) is 5.26. The summed E-state index contributed by atoms with van der Waals surface area (Å²) in [4.78, 5) is 42.3. The highest BCUT2D eigenvalue weighted by Crippen LogP contribution is 2.19. The minimum absolute atomic E-state index is 0.0318. The van der Waals surface area contributed by atoms with Crippen LogP contribution in [-0.4, -0.2) is 47.8 Å². The van der Waals surface area contributed by atoms with Crippen LogP contribution in [0.3, 0.4) is 0 Å². The number of fused-ring (bicyclic) bond motifs is 2. The Morgan fingerprint density at radius 3 is 2.79 bits per heavy atom. The van der Waals surface area contributed by atoms with E-state index in [0.29, 0.717) is 18.3 Å². The van der Waals surface area contributed by atoms with Crippen LogP contribution in [-0.2, 0) is 13.1 Å². The van der Waals surface area contributed by atoms with E-state index in [1.165, 1.54) is 10.6 Å². The van der Waals surface area contributed by atoms with Crippen LogP contribution < -0.4 is 21.9 Å². The van der Waals surface area contributed by atoms with Gasteiger partial charge in [0.2, 0.25) is 5.95 Å². The van der Waals surface area contributed by atoms with E-state index in [1.54, 1.807) is 11.6 Å². The van der Waals surface area contributed by atoms with Gasteiger partial charge in [-0.2, -0.15) is 9.50 Å². The number of aryl methyl sites for hydroxylation is 1. The van der Waals surface area contributed by atoms with Gasteiger partial charge in [0.25, 0.3) is 5.56 Å². The smallest absolute Gasteiger partial charge is 0.339 e. The highest BCUT2D eigenvalue weighted by atomic mass is 16.2. The van der Waals surface area contributed by atoms with E-state index in [4.69, 9.17) is 5.73 Å². The highest BCUT2D eigenvalue weighted by molar-refractivity contribution is 5.80. The molecule has 5 rings (SSSR count). The van der Waals surface area contributed by atoms with E-state index >= 15 is 0 Å². The second-order valence-electron chi connectivity index (χ2n) is 8.51. The third-order valence-electron chi connectivity index (χ3n) is 6.12. The number of nitrogens with zero attached hydrogens (tertiary/aromatic N) is 7. The zero-order chi connectivity index (χ0) is 23.8. The molecule has 1 aliphatic rings. The molecule has 2 N–H and O–H groups in total. The van der Waals surface area contributed by atoms with Crippen LogP contribution in [0.25, 0.3) is 16.6 Å². The summed E-state index contributed by atoms with van der Waals surface area (Å²) in [5, 5.41) is 0.936.